The molecule has 0 saturated carbocycles. The number of primary amides is 1. The summed E-state index contributed by atoms with van der Waals surface area (Å²) in [6.45, 7) is 0.307. The second kappa shape index (κ2) is 9.30. The van der Waals surface area contributed by atoms with Crippen LogP contribution < -0.4 is 22.5 Å². The number of ketones is 2. The SMILES string of the molecule is NC(=O)[C@H]1NCCC1(C(=O)[C@@H](N)Cc1ccccc1)C(=O)[C@@H](N)Cc1ccccc1. The molecule has 1 fully saturated rings. The van der Waals surface area contributed by atoms with E-state index in [-0.39, 0.29) is 19.3 Å². The number of Topliss-reactive ketones (excluding diaryl/α,β-unsaturated/α-hetero) is 2. The monoisotopic (exact) mass is 408 g/mol. The maximum absolute atomic E-state index is 13.5. The van der Waals surface area contributed by atoms with E-state index in [0.717, 1.165) is 11.1 Å². The van der Waals surface area contributed by atoms with Crippen molar-refractivity contribution in [1.82, 2.24) is 5.32 Å². The van der Waals surface area contributed by atoms with E-state index in [0.29, 0.717) is 6.54 Å². The summed E-state index contributed by atoms with van der Waals surface area (Å²) in [6, 6.07) is 15.6. The summed E-state index contributed by atoms with van der Waals surface area (Å²) in [5.74, 6) is -1.74. The number of nitrogens with one attached hydrogen (secondary N) is 1. The number of benzene rings is 2. The zero-order valence-corrected chi connectivity index (χ0v) is 16.8. The molecule has 7 N–H and O–H groups in total. The molecule has 1 aliphatic heterocycles. The van der Waals surface area contributed by atoms with E-state index in [2.05, 4.69) is 5.32 Å². The number of rotatable bonds is 9. The van der Waals surface area contributed by atoms with Crippen LogP contribution in [0.5, 0.6) is 0 Å². The predicted molar refractivity (Wildman–Crippen MR) is 114 cm³/mol. The van der Waals surface area contributed by atoms with Gasteiger partial charge in [0, 0.05) is 0 Å². The molecule has 7 heteroatoms. The standard InChI is InChI=1S/C23H28N4O3/c24-17(13-15-7-3-1-4-8-15)20(28)23(11-12-27-19(23)22(26)30)21(29)18(25)14-16-9-5-2-6-10-16/h1-10,17-19,27H,11-14,24-25H2,(H2,26,30)/t17-,18-,19+/m0/s1. The Labute approximate surface area is 176 Å². The van der Waals surface area contributed by atoms with Crippen LogP contribution in [0.25, 0.3) is 0 Å². The summed E-state index contributed by atoms with van der Waals surface area (Å²) in [7, 11) is 0. The van der Waals surface area contributed by atoms with Gasteiger partial charge in [0.25, 0.3) is 0 Å². The Kier molecular flexibility index (Phi) is 6.77. The van der Waals surface area contributed by atoms with Gasteiger partial charge in [-0.05, 0) is 36.9 Å². The van der Waals surface area contributed by atoms with Gasteiger partial charge in [0.2, 0.25) is 5.91 Å². The Morgan fingerprint density at radius 3 is 1.70 bits per heavy atom. The van der Waals surface area contributed by atoms with E-state index in [1.165, 1.54) is 0 Å². The van der Waals surface area contributed by atoms with E-state index < -0.39 is 41.0 Å². The van der Waals surface area contributed by atoms with Crippen LogP contribution in [0.4, 0.5) is 0 Å². The summed E-state index contributed by atoms with van der Waals surface area (Å²) in [6.07, 6.45) is 0.658. The van der Waals surface area contributed by atoms with Crippen molar-refractivity contribution in [2.75, 3.05) is 6.54 Å². The smallest absolute Gasteiger partial charge is 0.236 e. The molecule has 0 aromatic heterocycles. The molecular weight excluding hydrogens is 380 g/mol. The van der Waals surface area contributed by atoms with Gasteiger partial charge < -0.3 is 22.5 Å². The molecule has 1 aliphatic rings. The Morgan fingerprint density at radius 2 is 1.30 bits per heavy atom. The Bertz CT molecular complexity index is 842. The molecule has 1 heterocycles. The Morgan fingerprint density at radius 1 is 0.867 bits per heavy atom. The normalized spacial score (nSPS) is 19.7. The number of carbonyl (C=O) groups is 3. The fourth-order valence-electron chi connectivity index (χ4n) is 4.31. The highest BCUT2D eigenvalue weighted by atomic mass is 16.2. The van der Waals surface area contributed by atoms with Crippen LogP contribution in [0.1, 0.15) is 17.5 Å². The largest absolute Gasteiger partial charge is 0.368 e. The van der Waals surface area contributed by atoms with E-state index in [4.69, 9.17) is 17.2 Å². The fourth-order valence-corrected chi connectivity index (χ4v) is 4.31. The van der Waals surface area contributed by atoms with Crippen LogP contribution in [0, 0.1) is 5.41 Å². The average Bonchev–Trinajstić information content (AvgIpc) is 3.20. The minimum Gasteiger partial charge on any atom is -0.368 e. The van der Waals surface area contributed by atoms with E-state index >= 15 is 0 Å². The molecule has 1 saturated heterocycles. The van der Waals surface area contributed by atoms with E-state index in [9.17, 15) is 14.4 Å². The molecule has 0 aliphatic carbocycles. The molecule has 3 rings (SSSR count). The van der Waals surface area contributed by atoms with Gasteiger partial charge in [-0.25, -0.2) is 0 Å². The maximum atomic E-state index is 13.5. The Balaban J connectivity index is 1.90. The van der Waals surface area contributed by atoms with Gasteiger partial charge in [-0.1, -0.05) is 60.7 Å². The topological polar surface area (TPSA) is 141 Å². The Hall–Kier alpha value is -2.87. The summed E-state index contributed by atoms with van der Waals surface area (Å²) in [5.41, 5.74) is 18.1. The maximum Gasteiger partial charge on any atom is 0.236 e. The van der Waals surface area contributed by atoms with Crippen LogP contribution in [0.2, 0.25) is 0 Å². The lowest BCUT2D eigenvalue weighted by molar-refractivity contribution is -0.146. The first-order chi connectivity index (χ1) is 14.4. The van der Waals surface area contributed by atoms with Crippen LogP contribution in [-0.4, -0.2) is 42.1 Å². The van der Waals surface area contributed by atoms with Crippen molar-refractivity contribution in [3.05, 3.63) is 71.8 Å². The van der Waals surface area contributed by atoms with Gasteiger partial charge in [-0.2, -0.15) is 0 Å². The molecule has 1 amide bonds. The molecule has 0 bridgehead atoms. The second-order valence-corrected chi connectivity index (χ2v) is 7.83. The zero-order valence-electron chi connectivity index (χ0n) is 16.8. The van der Waals surface area contributed by atoms with Crippen molar-refractivity contribution in [3.8, 4) is 0 Å². The van der Waals surface area contributed by atoms with Crippen LogP contribution >= 0.6 is 0 Å². The van der Waals surface area contributed by atoms with Crippen LogP contribution in [0.15, 0.2) is 60.7 Å². The lowest BCUT2D eigenvalue weighted by Crippen LogP contribution is -2.62. The summed E-state index contributed by atoms with van der Waals surface area (Å²) < 4.78 is 0. The summed E-state index contributed by atoms with van der Waals surface area (Å²) >= 11 is 0. The van der Waals surface area contributed by atoms with Crippen molar-refractivity contribution in [2.45, 2.75) is 37.4 Å². The minimum atomic E-state index is -1.66. The van der Waals surface area contributed by atoms with Crippen molar-refractivity contribution >= 4 is 17.5 Å². The molecule has 0 unspecified atom stereocenters. The van der Waals surface area contributed by atoms with Crippen molar-refractivity contribution in [3.63, 3.8) is 0 Å². The van der Waals surface area contributed by atoms with E-state index in [1.54, 1.807) is 0 Å². The predicted octanol–water partition coefficient (Wildman–Crippen LogP) is 0.0982. The molecule has 3 atom stereocenters. The average molecular weight is 409 g/mol. The molecule has 158 valence electrons. The number of carbonyl (C=O) groups excluding carboxylic acids is 3. The van der Waals surface area contributed by atoms with Gasteiger partial charge in [0.1, 0.15) is 11.5 Å². The number of nitrogens with two attached hydrogens (primary N) is 3. The molecule has 7 nitrogen and oxygen atoms in total. The van der Waals surface area contributed by atoms with Gasteiger partial charge in [0.05, 0.1) is 12.1 Å². The van der Waals surface area contributed by atoms with Crippen LogP contribution in [0.3, 0.4) is 0 Å². The third-order valence-corrected chi connectivity index (χ3v) is 5.79. The van der Waals surface area contributed by atoms with Crippen molar-refractivity contribution < 1.29 is 14.4 Å². The molecular formula is C23H28N4O3. The highest BCUT2D eigenvalue weighted by Crippen LogP contribution is 2.36. The lowest BCUT2D eigenvalue weighted by atomic mass is 9.67. The van der Waals surface area contributed by atoms with Gasteiger partial charge in [-0.15, -0.1) is 0 Å². The third-order valence-electron chi connectivity index (χ3n) is 5.79. The first-order valence-electron chi connectivity index (χ1n) is 10.1. The molecule has 2 aromatic rings. The molecule has 2 aromatic carbocycles. The van der Waals surface area contributed by atoms with E-state index in [1.807, 2.05) is 60.7 Å². The van der Waals surface area contributed by atoms with Crippen molar-refractivity contribution in [2.24, 2.45) is 22.6 Å². The molecule has 0 spiro atoms. The summed E-state index contributed by atoms with van der Waals surface area (Å²) in [5, 5.41) is 2.92. The third kappa shape index (κ3) is 4.33. The first kappa shape index (κ1) is 21.8. The summed E-state index contributed by atoms with van der Waals surface area (Å²) in [4.78, 5) is 39.2. The zero-order chi connectivity index (χ0) is 21.7. The number of hydrogen-bond acceptors (Lipinski definition) is 6. The highest BCUT2D eigenvalue weighted by Gasteiger charge is 2.58. The number of amides is 1. The first-order valence-corrected chi connectivity index (χ1v) is 10.1. The lowest BCUT2D eigenvalue weighted by Gasteiger charge is -2.34. The quantitative estimate of drug-likeness (QED) is 0.434. The molecule has 30 heavy (non-hydrogen) atoms. The molecule has 0 radical (unpaired) electrons. The highest BCUT2D eigenvalue weighted by molar-refractivity contribution is 6.15. The number of hydrogen-bond donors (Lipinski definition) is 4. The van der Waals surface area contributed by atoms with Gasteiger partial charge in [0.15, 0.2) is 11.6 Å². The van der Waals surface area contributed by atoms with Crippen LogP contribution in [-0.2, 0) is 27.2 Å². The van der Waals surface area contributed by atoms with Gasteiger partial charge in [-0.3, -0.25) is 14.4 Å². The fraction of sp³-hybridized carbons (Fsp3) is 0.348. The second-order valence-electron chi connectivity index (χ2n) is 7.83. The van der Waals surface area contributed by atoms with Gasteiger partial charge >= 0.3 is 0 Å². The minimum absolute atomic E-state index is 0.142. The van der Waals surface area contributed by atoms with Crippen molar-refractivity contribution in [1.29, 1.82) is 0 Å².